The number of aryl methyl sites for hydroxylation is 2. The molecule has 0 amide bonds. The van der Waals surface area contributed by atoms with Crippen molar-refractivity contribution in [1.29, 1.82) is 0 Å². The highest BCUT2D eigenvalue weighted by Crippen LogP contribution is 2.30. The number of hydrogen-bond acceptors (Lipinski definition) is 5. The van der Waals surface area contributed by atoms with Crippen molar-refractivity contribution in [2.24, 2.45) is 0 Å². The number of piperazine rings is 1. The van der Waals surface area contributed by atoms with Crippen LogP contribution in [0, 0.1) is 13.8 Å². The summed E-state index contributed by atoms with van der Waals surface area (Å²) in [5, 5.41) is 9.74. The van der Waals surface area contributed by atoms with Crippen LogP contribution < -0.4 is 4.90 Å². The van der Waals surface area contributed by atoms with Crippen LogP contribution in [0.1, 0.15) is 28.6 Å². The quantitative estimate of drug-likeness (QED) is 0.682. The van der Waals surface area contributed by atoms with Gasteiger partial charge in [-0.15, -0.1) is 0 Å². The van der Waals surface area contributed by atoms with Crippen molar-refractivity contribution in [2.75, 3.05) is 24.5 Å². The molecule has 7 nitrogen and oxygen atoms in total. The van der Waals surface area contributed by atoms with Gasteiger partial charge < -0.3 is 14.4 Å². The maximum absolute atomic E-state index is 13.3. The smallest absolute Gasteiger partial charge is 0.372 e. The van der Waals surface area contributed by atoms with E-state index in [9.17, 15) is 18.3 Å². The van der Waals surface area contributed by atoms with E-state index >= 15 is 0 Å². The third kappa shape index (κ3) is 3.46. The average Bonchev–Trinajstić information content (AvgIpc) is 3.04. The first kappa shape index (κ1) is 20.4. The van der Waals surface area contributed by atoms with E-state index in [2.05, 4.69) is 11.0 Å². The molecule has 2 heterocycles. The van der Waals surface area contributed by atoms with Gasteiger partial charge in [-0.05, 0) is 56.7 Å². The molecule has 0 bridgehead atoms. The van der Waals surface area contributed by atoms with Crippen LogP contribution in [0.2, 0.25) is 0 Å². The minimum Gasteiger partial charge on any atom is -0.475 e. The lowest BCUT2D eigenvalue weighted by molar-refractivity contribution is 0.0664. The van der Waals surface area contributed by atoms with Crippen molar-refractivity contribution in [1.82, 2.24) is 4.31 Å². The normalized spacial score (nSPS) is 18.1. The molecular weight excluding hydrogens is 404 g/mol. The first-order valence-corrected chi connectivity index (χ1v) is 11.2. The van der Waals surface area contributed by atoms with E-state index in [-0.39, 0.29) is 16.7 Å². The summed E-state index contributed by atoms with van der Waals surface area (Å²) < 4.78 is 33.4. The molecule has 1 saturated heterocycles. The van der Waals surface area contributed by atoms with E-state index < -0.39 is 16.0 Å². The lowest BCUT2D eigenvalue weighted by Gasteiger charge is -2.40. The van der Waals surface area contributed by atoms with Gasteiger partial charge in [-0.2, -0.15) is 4.31 Å². The Morgan fingerprint density at radius 1 is 1.13 bits per heavy atom. The van der Waals surface area contributed by atoms with Crippen LogP contribution in [0.15, 0.2) is 51.8 Å². The van der Waals surface area contributed by atoms with Crippen molar-refractivity contribution >= 4 is 32.6 Å². The highest BCUT2D eigenvalue weighted by molar-refractivity contribution is 7.89. The summed E-state index contributed by atoms with van der Waals surface area (Å²) in [5.74, 6) is -1.34. The summed E-state index contributed by atoms with van der Waals surface area (Å²) in [5.41, 5.74) is 3.05. The van der Waals surface area contributed by atoms with E-state index in [1.807, 2.05) is 32.0 Å². The Bertz CT molecular complexity index is 1230. The third-order valence-electron chi connectivity index (χ3n) is 5.66. The molecule has 30 heavy (non-hydrogen) atoms. The van der Waals surface area contributed by atoms with Gasteiger partial charge in [0, 0.05) is 42.3 Å². The van der Waals surface area contributed by atoms with Crippen molar-refractivity contribution in [3.05, 3.63) is 59.4 Å². The molecular formula is C22H24N2O5S. The summed E-state index contributed by atoms with van der Waals surface area (Å²) in [4.78, 5) is 13.7. The topological polar surface area (TPSA) is 91.1 Å². The van der Waals surface area contributed by atoms with Crippen LogP contribution in [-0.2, 0) is 10.0 Å². The van der Waals surface area contributed by atoms with Gasteiger partial charge in [-0.3, -0.25) is 0 Å². The predicted octanol–water partition coefficient (Wildman–Crippen LogP) is 3.65. The summed E-state index contributed by atoms with van der Waals surface area (Å²) in [6.07, 6.45) is 0. The number of hydrogen-bond donors (Lipinski definition) is 1. The lowest BCUT2D eigenvalue weighted by atomic mass is 10.1. The zero-order valence-corrected chi connectivity index (χ0v) is 17.9. The fourth-order valence-corrected chi connectivity index (χ4v) is 5.59. The van der Waals surface area contributed by atoms with Crippen molar-refractivity contribution in [3.63, 3.8) is 0 Å². The standard InChI is InChI=1S/C22H24N2O5S/c1-14-5-4-6-17(11-14)24-10-9-23(13-15(24)2)30(27,28)18-7-8-20-19(12-18)16(3)21(29-20)22(25)26/h4-8,11-12,15H,9-10,13H2,1-3H3,(H,25,26). The molecule has 1 aromatic heterocycles. The summed E-state index contributed by atoms with van der Waals surface area (Å²) >= 11 is 0. The largest absolute Gasteiger partial charge is 0.475 e. The first-order chi connectivity index (χ1) is 14.2. The van der Waals surface area contributed by atoms with Crippen LogP contribution in [0.4, 0.5) is 5.69 Å². The van der Waals surface area contributed by atoms with Gasteiger partial charge >= 0.3 is 5.97 Å². The molecule has 8 heteroatoms. The van der Waals surface area contributed by atoms with Crippen molar-refractivity contribution in [2.45, 2.75) is 31.7 Å². The highest BCUT2D eigenvalue weighted by Gasteiger charge is 2.33. The molecule has 1 N–H and O–H groups in total. The molecule has 1 unspecified atom stereocenters. The molecule has 4 rings (SSSR count). The Morgan fingerprint density at radius 3 is 2.57 bits per heavy atom. The Hall–Kier alpha value is -2.84. The van der Waals surface area contributed by atoms with Gasteiger partial charge in [0.1, 0.15) is 5.58 Å². The molecule has 1 fully saturated rings. The van der Waals surface area contributed by atoms with Gasteiger partial charge in [-0.25, -0.2) is 13.2 Å². The van der Waals surface area contributed by atoms with Crippen molar-refractivity contribution in [3.8, 4) is 0 Å². The first-order valence-electron chi connectivity index (χ1n) is 9.78. The monoisotopic (exact) mass is 428 g/mol. The summed E-state index contributed by atoms with van der Waals surface area (Å²) in [6, 6.07) is 12.7. The number of aromatic carboxylic acids is 1. The van der Waals surface area contributed by atoms with Gasteiger partial charge in [0.05, 0.1) is 4.90 Å². The molecule has 1 aliphatic rings. The number of nitrogens with zero attached hydrogens (tertiary/aromatic N) is 2. The molecule has 158 valence electrons. The molecule has 0 radical (unpaired) electrons. The summed E-state index contributed by atoms with van der Waals surface area (Å²) in [6.45, 7) is 7.03. The number of furan rings is 1. The fourth-order valence-electron chi connectivity index (χ4n) is 4.05. The molecule has 0 aliphatic carbocycles. The van der Waals surface area contributed by atoms with Gasteiger partial charge in [0.2, 0.25) is 15.8 Å². The predicted molar refractivity (Wildman–Crippen MR) is 115 cm³/mol. The lowest BCUT2D eigenvalue weighted by Crippen LogP contribution is -2.53. The fraction of sp³-hybridized carbons (Fsp3) is 0.318. The number of carboxylic acids is 1. The minimum atomic E-state index is -3.71. The van der Waals surface area contributed by atoms with E-state index in [4.69, 9.17) is 4.42 Å². The van der Waals surface area contributed by atoms with Gasteiger partial charge in [0.15, 0.2) is 0 Å². The highest BCUT2D eigenvalue weighted by atomic mass is 32.2. The Morgan fingerprint density at radius 2 is 1.90 bits per heavy atom. The summed E-state index contributed by atoms with van der Waals surface area (Å²) in [7, 11) is -3.71. The number of carbonyl (C=O) groups is 1. The Kier molecular flexibility index (Phi) is 5.07. The van der Waals surface area contributed by atoms with Crippen LogP contribution in [0.5, 0.6) is 0 Å². The van der Waals surface area contributed by atoms with Gasteiger partial charge in [-0.1, -0.05) is 12.1 Å². The van der Waals surface area contributed by atoms with E-state index in [1.165, 1.54) is 28.1 Å². The van der Waals surface area contributed by atoms with E-state index in [1.54, 1.807) is 6.92 Å². The maximum atomic E-state index is 13.3. The number of carboxylic acid groups (broad SMARTS) is 1. The second-order valence-electron chi connectivity index (χ2n) is 7.76. The van der Waals surface area contributed by atoms with Crippen LogP contribution in [0.3, 0.4) is 0 Å². The van der Waals surface area contributed by atoms with Gasteiger partial charge in [0.25, 0.3) is 0 Å². The van der Waals surface area contributed by atoms with E-state index in [0.717, 1.165) is 5.69 Å². The second kappa shape index (κ2) is 7.45. The van der Waals surface area contributed by atoms with Crippen LogP contribution in [0.25, 0.3) is 11.0 Å². The molecule has 1 aliphatic heterocycles. The zero-order chi connectivity index (χ0) is 21.6. The van der Waals surface area contributed by atoms with Crippen LogP contribution >= 0.6 is 0 Å². The van der Waals surface area contributed by atoms with Crippen molar-refractivity contribution < 1.29 is 22.7 Å². The Labute approximate surface area is 175 Å². The Balaban J connectivity index is 1.61. The SMILES string of the molecule is Cc1cccc(N2CCN(S(=O)(=O)c3ccc4oc(C(=O)O)c(C)c4c3)CC2C)c1. The molecule has 1 atom stereocenters. The second-order valence-corrected chi connectivity index (χ2v) is 9.70. The minimum absolute atomic E-state index is 0.0216. The molecule has 0 saturated carbocycles. The number of fused-ring (bicyclic) bond motifs is 1. The van der Waals surface area contributed by atoms with Crippen LogP contribution in [-0.4, -0.2) is 49.5 Å². The number of benzene rings is 2. The maximum Gasteiger partial charge on any atom is 0.372 e. The molecule has 3 aromatic rings. The third-order valence-corrected chi connectivity index (χ3v) is 7.52. The number of rotatable bonds is 4. The van der Waals surface area contributed by atoms with E-state index in [0.29, 0.717) is 36.2 Å². The zero-order valence-electron chi connectivity index (χ0n) is 17.1. The molecule has 0 spiro atoms. The number of anilines is 1. The molecule has 2 aromatic carbocycles. The average molecular weight is 429 g/mol. The number of sulfonamides is 1.